The number of rotatable bonds is 5. The molecule has 0 spiro atoms. The molecular weight excluding hydrogens is 270 g/mol. The SMILES string of the molecule is C=CCC1(C(=O)NCCC)c2ccccc2-c2ccccc21. The molecule has 0 heterocycles. The number of allylic oxidation sites excluding steroid dienone is 1. The lowest BCUT2D eigenvalue weighted by Crippen LogP contribution is -2.44. The molecular formula is C20H21NO. The molecule has 0 bridgehead atoms. The summed E-state index contributed by atoms with van der Waals surface area (Å²) < 4.78 is 0. The monoisotopic (exact) mass is 291 g/mol. The van der Waals surface area contributed by atoms with Crippen molar-refractivity contribution >= 4 is 5.91 Å². The van der Waals surface area contributed by atoms with Crippen LogP contribution in [0.15, 0.2) is 61.2 Å². The molecule has 0 fully saturated rings. The standard InChI is InChI=1S/C20H21NO/c1-3-13-20(19(22)21-14-4-2)17-11-7-5-9-15(17)16-10-6-8-12-18(16)20/h3,5-12H,1,4,13-14H2,2H3,(H,21,22). The lowest BCUT2D eigenvalue weighted by atomic mass is 9.74. The molecule has 0 unspecified atom stereocenters. The quantitative estimate of drug-likeness (QED) is 0.827. The Bertz CT molecular complexity index is 672. The predicted octanol–water partition coefficient (Wildman–Crippen LogP) is 4.06. The van der Waals surface area contributed by atoms with Gasteiger partial charge in [0.2, 0.25) is 5.91 Å². The van der Waals surface area contributed by atoms with Crippen molar-refractivity contribution in [2.45, 2.75) is 25.2 Å². The van der Waals surface area contributed by atoms with Crippen molar-refractivity contribution in [3.63, 3.8) is 0 Å². The van der Waals surface area contributed by atoms with Crippen LogP contribution in [0.2, 0.25) is 0 Å². The average Bonchev–Trinajstić information content (AvgIpc) is 2.85. The zero-order chi connectivity index (χ0) is 15.6. The van der Waals surface area contributed by atoms with Gasteiger partial charge in [0.1, 0.15) is 5.41 Å². The van der Waals surface area contributed by atoms with E-state index in [1.807, 2.05) is 30.3 Å². The largest absolute Gasteiger partial charge is 0.355 e. The van der Waals surface area contributed by atoms with Crippen molar-refractivity contribution in [2.24, 2.45) is 0 Å². The van der Waals surface area contributed by atoms with Gasteiger partial charge in [0.05, 0.1) is 0 Å². The molecule has 0 saturated heterocycles. The van der Waals surface area contributed by atoms with Crippen molar-refractivity contribution in [3.8, 4) is 11.1 Å². The Balaban J connectivity index is 2.24. The Hall–Kier alpha value is -2.35. The summed E-state index contributed by atoms with van der Waals surface area (Å²) in [5.74, 6) is 0.0756. The van der Waals surface area contributed by atoms with E-state index in [1.165, 1.54) is 0 Å². The maximum Gasteiger partial charge on any atom is 0.235 e. The third-order valence-corrected chi connectivity index (χ3v) is 4.44. The Morgan fingerprint density at radius 1 is 1.09 bits per heavy atom. The van der Waals surface area contributed by atoms with Crippen LogP contribution in [0.25, 0.3) is 11.1 Å². The van der Waals surface area contributed by atoms with Crippen LogP contribution in [0.4, 0.5) is 0 Å². The minimum Gasteiger partial charge on any atom is -0.355 e. The van der Waals surface area contributed by atoms with Gasteiger partial charge in [0.15, 0.2) is 0 Å². The molecule has 1 N–H and O–H groups in total. The maximum atomic E-state index is 13.1. The first-order valence-electron chi connectivity index (χ1n) is 7.84. The first-order chi connectivity index (χ1) is 10.8. The van der Waals surface area contributed by atoms with Crippen molar-refractivity contribution in [3.05, 3.63) is 72.3 Å². The van der Waals surface area contributed by atoms with E-state index in [0.29, 0.717) is 13.0 Å². The van der Waals surface area contributed by atoms with Gasteiger partial charge < -0.3 is 5.32 Å². The normalized spacial score (nSPS) is 14.0. The zero-order valence-corrected chi connectivity index (χ0v) is 12.9. The van der Waals surface area contributed by atoms with Gasteiger partial charge in [-0.2, -0.15) is 0 Å². The zero-order valence-electron chi connectivity index (χ0n) is 12.9. The van der Waals surface area contributed by atoms with Gasteiger partial charge >= 0.3 is 0 Å². The van der Waals surface area contributed by atoms with Gasteiger partial charge in [-0.25, -0.2) is 0 Å². The fourth-order valence-electron chi connectivity index (χ4n) is 3.49. The van der Waals surface area contributed by atoms with Crippen LogP contribution < -0.4 is 5.32 Å². The summed E-state index contributed by atoms with van der Waals surface area (Å²) in [5, 5.41) is 3.09. The molecule has 1 aliphatic rings. The second kappa shape index (κ2) is 5.80. The lowest BCUT2D eigenvalue weighted by molar-refractivity contribution is -0.125. The van der Waals surface area contributed by atoms with E-state index in [-0.39, 0.29) is 5.91 Å². The third-order valence-electron chi connectivity index (χ3n) is 4.44. The molecule has 1 aliphatic carbocycles. The second-order valence-corrected chi connectivity index (χ2v) is 5.75. The Labute approximate surface area is 131 Å². The van der Waals surface area contributed by atoms with Crippen molar-refractivity contribution in [2.75, 3.05) is 6.54 Å². The third kappa shape index (κ3) is 1.98. The van der Waals surface area contributed by atoms with E-state index in [2.05, 4.69) is 43.1 Å². The van der Waals surface area contributed by atoms with Gasteiger partial charge in [-0.05, 0) is 35.1 Å². The molecule has 2 aromatic carbocycles. The summed E-state index contributed by atoms with van der Waals surface area (Å²) >= 11 is 0. The van der Waals surface area contributed by atoms with Crippen LogP contribution in [0.3, 0.4) is 0 Å². The molecule has 2 aromatic rings. The van der Waals surface area contributed by atoms with Crippen molar-refractivity contribution < 1.29 is 4.79 Å². The summed E-state index contributed by atoms with van der Waals surface area (Å²) in [6, 6.07) is 16.4. The molecule has 22 heavy (non-hydrogen) atoms. The number of benzene rings is 2. The Morgan fingerprint density at radius 3 is 2.14 bits per heavy atom. The van der Waals surface area contributed by atoms with Gasteiger partial charge in [-0.3, -0.25) is 4.79 Å². The topological polar surface area (TPSA) is 29.1 Å². The molecule has 0 aromatic heterocycles. The highest BCUT2D eigenvalue weighted by Crippen LogP contribution is 2.50. The number of carbonyl (C=O) groups excluding carboxylic acids is 1. The van der Waals surface area contributed by atoms with Gasteiger partial charge in [-0.15, -0.1) is 6.58 Å². The summed E-state index contributed by atoms with van der Waals surface area (Å²) in [5.41, 5.74) is 3.84. The molecule has 0 aliphatic heterocycles. The van der Waals surface area contributed by atoms with Crippen LogP contribution >= 0.6 is 0 Å². The molecule has 0 radical (unpaired) electrons. The maximum absolute atomic E-state index is 13.1. The highest BCUT2D eigenvalue weighted by molar-refractivity contribution is 6.00. The number of hydrogen-bond acceptors (Lipinski definition) is 1. The molecule has 2 nitrogen and oxygen atoms in total. The first-order valence-corrected chi connectivity index (χ1v) is 7.84. The summed E-state index contributed by atoms with van der Waals surface area (Å²) in [4.78, 5) is 13.1. The highest BCUT2D eigenvalue weighted by atomic mass is 16.2. The van der Waals surface area contributed by atoms with Crippen LogP contribution in [-0.2, 0) is 10.2 Å². The van der Waals surface area contributed by atoms with Crippen LogP contribution in [0, 0.1) is 0 Å². The number of fused-ring (bicyclic) bond motifs is 3. The first kappa shape index (κ1) is 14.6. The summed E-state index contributed by atoms with van der Waals surface area (Å²) in [7, 11) is 0. The molecule has 2 heteroatoms. The van der Waals surface area contributed by atoms with Gasteiger partial charge in [-0.1, -0.05) is 61.5 Å². The van der Waals surface area contributed by atoms with Crippen molar-refractivity contribution in [1.29, 1.82) is 0 Å². The number of amides is 1. The van der Waals surface area contributed by atoms with E-state index < -0.39 is 5.41 Å². The van der Waals surface area contributed by atoms with E-state index in [0.717, 1.165) is 28.7 Å². The van der Waals surface area contributed by atoms with E-state index >= 15 is 0 Å². The van der Waals surface area contributed by atoms with E-state index in [4.69, 9.17) is 0 Å². The van der Waals surface area contributed by atoms with Gasteiger partial charge in [0, 0.05) is 6.54 Å². The average molecular weight is 291 g/mol. The van der Waals surface area contributed by atoms with Gasteiger partial charge in [0.25, 0.3) is 0 Å². The van der Waals surface area contributed by atoms with Crippen LogP contribution in [-0.4, -0.2) is 12.5 Å². The smallest absolute Gasteiger partial charge is 0.235 e. The minimum atomic E-state index is -0.649. The number of nitrogens with one attached hydrogen (secondary N) is 1. The Morgan fingerprint density at radius 2 is 1.64 bits per heavy atom. The summed E-state index contributed by atoms with van der Waals surface area (Å²) in [6.45, 7) is 6.66. The molecule has 0 saturated carbocycles. The second-order valence-electron chi connectivity index (χ2n) is 5.75. The van der Waals surface area contributed by atoms with Crippen molar-refractivity contribution in [1.82, 2.24) is 5.32 Å². The number of carbonyl (C=O) groups is 1. The lowest BCUT2D eigenvalue weighted by Gasteiger charge is -2.29. The molecule has 3 rings (SSSR count). The number of hydrogen-bond donors (Lipinski definition) is 1. The predicted molar refractivity (Wildman–Crippen MR) is 90.8 cm³/mol. The van der Waals surface area contributed by atoms with E-state index in [9.17, 15) is 4.79 Å². The Kier molecular flexibility index (Phi) is 3.84. The minimum absolute atomic E-state index is 0.0756. The fraction of sp³-hybridized carbons (Fsp3) is 0.250. The fourth-order valence-corrected chi connectivity index (χ4v) is 3.49. The van der Waals surface area contributed by atoms with E-state index in [1.54, 1.807) is 0 Å². The molecule has 0 atom stereocenters. The molecule has 1 amide bonds. The summed E-state index contributed by atoms with van der Waals surface area (Å²) in [6.07, 6.45) is 3.39. The van der Waals surface area contributed by atoms with Crippen LogP contribution in [0.1, 0.15) is 30.9 Å². The molecule has 112 valence electrons. The highest BCUT2D eigenvalue weighted by Gasteiger charge is 2.47. The van der Waals surface area contributed by atoms with Crippen LogP contribution in [0.5, 0.6) is 0 Å².